The molecule has 6 nitrogen and oxygen atoms in total. The van der Waals surface area contributed by atoms with E-state index in [-0.39, 0.29) is 32.0 Å². The van der Waals surface area contributed by atoms with Crippen molar-refractivity contribution in [2.75, 3.05) is 26.9 Å². The Labute approximate surface area is 175 Å². The van der Waals surface area contributed by atoms with Crippen LogP contribution in [0.25, 0.3) is 0 Å². The number of carbonyl (C=O) groups is 2. The molecule has 0 aliphatic rings. The molecule has 1 aromatic rings. The summed E-state index contributed by atoms with van der Waals surface area (Å²) in [5.74, 6) is 0.0514. The lowest BCUT2D eigenvalue weighted by atomic mass is 9.77. The Balaban J connectivity index is 2.95. The molecule has 0 saturated carbocycles. The van der Waals surface area contributed by atoms with Crippen molar-refractivity contribution < 1.29 is 28.5 Å². The van der Waals surface area contributed by atoms with Crippen molar-refractivity contribution in [3.8, 4) is 11.5 Å². The van der Waals surface area contributed by atoms with Crippen LogP contribution in [0.1, 0.15) is 33.6 Å². The summed E-state index contributed by atoms with van der Waals surface area (Å²) in [5, 5.41) is 0. The molecule has 156 valence electrons. The SMILES string of the molecule is C=CCC(CC(C)COc1ccc(OC)cc1Br)(C(=O)OCC)C(=O)OCC. The van der Waals surface area contributed by atoms with Crippen molar-refractivity contribution in [2.45, 2.75) is 33.6 Å². The summed E-state index contributed by atoms with van der Waals surface area (Å²) in [6.45, 7) is 9.68. The number of benzene rings is 1. The lowest BCUT2D eigenvalue weighted by Gasteiger charge is -2.30. The summed E-state index contributed by atoms with van der Waals surface area (Å²) < 4.78 is 22.2. The van der Waals surface area contributed by atoms with Gasteiger partial charge in [-0.15, -0.1) is 6.58 Å². The van der Waals surface area contributed by atoms with Crippen LogP contribution < -0.4 is 9.47 Å². The number of hydrogen-bond acceptors (Lipinski definition) is 6. The van der Waals surface area contributed by atoms with Crippen molar-refractivity contribution in [1.82, 2.24) is 0 Å². The van der Waals surface area contributed by atoms with E-state index in [4.69, 9.17) is 18.9 Å². The molecule has 1 aromatic carbocycles. The van der Waals surface area contributed by atoms with E-state index >= 15 is 0 Å². The zero-order valence-corrected chi connectivity index (χ0v) is 18.5. The van der Waals surface area contributed by atoms with Gasteiger partial charge in [-0.2, -0.15) is 0 Å². The Kier molecular flexibility index (Phi) is 10.1. The number of hydrogen-bond donors (Lipinski definition) is 0. The topological polar surface area (TPSA) is 71.1 Å². The monoisotopic (exact) mass is 456 g/mol. The van der Waals surface area contributed by atoms with Crippen LogP contribution in [0.4, 0.5) is 0 Å². The van der Waals surface area contributed by atoms with E-state index in [1.807, 2.05) is 6.92 Å². The smallest absolute Gasteiger partial charge is 0.323 e. The van der Waals surface area contributed by atoms with Crippen LogP contribution in [0.2, 0.25) is 0 Å². The van der Waals surface area contributed by atoms with Crippen molar-refractivity contribution >= 4 is 27.9 Å². The number of allylic oxidation sites excluding steroid dienone is 1. The second kappa shape index (κ2) is 11.7. The zero-order valence-electron chi connectivity index (χ0n) is 17.0. The van der Waals surface area contributed by atoms with Crippen LogP contribution in [-0.4, -0.2) is 38.9 Å². The first kappa shape index (κ1) is 24.0. The molecule has 0 aliphatic carbocycles. The van der Waals surface area contributed by atoms with Gasteiger partial charge in [0.15, 0.2) is 5.41 Å². The van der Waals surface area contributed by atoms with Crippen LogP contribution >= 0.6 is 15.9 Å². The second-order valence-electron chi connectivity index (χ2n) is 6.43. The van der Waals surface area contributed by atoms with Crippen molar-refractivity contribution in [3.05, 3.63) is 35.3 Å². The molecule has 0 aliphatic heterocycles. The summed E-state index contributed by atoms with van der Waals surface area (Å²) in [6, 6.07) is 5.40. The Morgan fingerprint density at radius 1 is 1.21 bits per heavy atom. The van der Waals surface area contributed by atoms with Gasteiger partial charge in [0.25, 0.3) is 0 Å². The summed E-state index contributed by atoms with van der Waals surface area (Å²) in [6.07, 6.45) is 1.91. The number of methoxy groups -OCH3 is 1. The molecular formula is C21H29BrO6. The first-order valence-corrected chi connectivity index (χ1v) is 10.1. The Morgan fingerprint density at radius 2 is 1.82 bits per heavy atom. The van der Waals surface area contributed by atoms with Crippen LogP contribution in [0.3, 0.4) is 0 Å². The fourth-order valence-electron chi connectivity index (χ4n) is 2.90. The van der Waals surface area contributed by atoms with E-state index in [1.165, 1.54) is 0 Å². The number of rotatable bonds is 12. The predicted molar refractivity (Wildman–Crippen MR) is 110 cm³/mol. The van der Waals surface area contributed by atoms with Gasteiger partial charge in [-0.1, -0.05) is 13.0 Å². The third-order valence-corrected chi connectivity index (χ3v) is 4.80. The maximum Gasteiger partial charge on any atom is 0.323 e. The molecule has 0 fully saturated rings. The summed E-state index contributed by atoms with van der Waals surface area (Å²) in [7, 11) is 1.59. The molecule has 0 aromatic heterocycles. The Hall–Kier alpha value is -2.02. The van der Waals surface area contributed by atoms with E-state index < -0.39 is 17.4 Å². The lowest BCUT2D eigenvalue weighted by Crippen LogP contribution is -2.43. The highest BCUT2D eigenvalue weighted by molar-refractivity contribution is 9.10. The molecule has 0 radical (unpaired) electrons. The summed E-state index contributed by atoms with van der Waals surface area (Å²) in [5.41, 5.74) is -1.42. The maximum absolute atomic E-state index is 12.7. The highest BCUT2D eigenvalue weighted by Crippen LogP contribution is 2.36. The van der Waals surface area contributed by atoms with Gasteiger partial charge < -0.3 is 18.9 Å². The van der Waals surface area contributed by atoms with Crippen molar-refractivity contribution in [2.24, 2.45) is 11.3 Å². The standard InChI is InChI=1S/C21H29BrO6/c1-6-11-21(19(23)26-7-2,20(24)27-8-3)13-15(4)14-28-18-10-9-16(25-5)12-17(18)22/h6,9-10,12,15H,1,7-8,11,13-14H2,2-5H3. The van der Waals surface area contributed by atoms with E-state index in [9.17, 15) is 9.59 Å². The van der Waals surface area contributed by atoms with E-state index in [0.717, 1.165) is 4.47 Å². The van der Waals surface area contributed by atoms with E-state index in [2.05, 4.69) is 22.5 Å². The normalized spacial score (nSPS) is 12.0. The predicted octanol–water partition coefficient (Wildman–Crippen LogP) is 4.55. The Morgan fingerprint density at radius 3 is 2.29 bits per heavy atom. The van der Waals surface area contributed by atoms with Crippen molar-refractivity contribution in [3.63, 3.8) is 0 Å². The van der Waals surface area contributed by atoms with Gasteiger partial charge in [-0.3, -0.25) is 9.59 Å². The number of ether oxygens (including phenoxy) is 4. The van der Waals surface area contributed by atoms with Crippen LogP contribution in [0.15, 0.2) is 35.3 Å². The van der Waals surface area contributed by atoms with Crippen LogP contribution in [0.5, 0.6) is 11.5 Å². The van der Waals surface area contributed by atoms with Crippen LogP contribution in [-0.2, 0) is 19.1 Å². The fourth-order valence-corrected chi connectivity index (χ4v) is 3.37. The fraction of sp³-hybridized carbons (Fsp3) is 0.524. The molecule has 0 saturated heterocycles. The minimum absolute atomic E-state index is 0.122. The molecule has 0 N–H and O–H groups in total. The van der Waals surface area contributed by atoms with Gasteiger partial charge in [0, 0.05) is 0 Å². The number of esters is 2. The van der Waals surface area contributed by atoms with Crippen molar-refractivity contribution in [1.29, 1.82) is 0 Å². The highest BCUT2D eigenvalue weighted by Gasteiger charge is 2.48. The largest absolute Gasteiger partial charge is 0.497 e. The molecule has 0 spiro atoms. The van der Waals surface area contributed by atoms with Gasteiger partial charge >= 0.3 is 11.9 Å². The van der Waals surface area contributed by atoms with Gasteiger partial charge in [0.05, 0.1) is 31.4 Å². The van der Waals surface area contributed by atoms with Gasteiger partial charge in [-0.05, 0) is 66.7 Å². The lowest BCUT2D eigenvalue weighted by molar-refractivity contribution is -0.173. The molecule has 1 rings (SSSR count). The minimum atomic E-state index is -1.42. The summed E-state index contributed by atoms with van der Waals surface area (Å²) in [4.78, 5) is 25.3. The molecule has 7 heteroatoms. The molecule has 1 atom stereocenters. The first-order valence-electron chi connectivity index (χ1n) is 9.26. The molecule has 28 heavy (non-hydrogen) atoms. The van der Waals surface area contributed by atoms with Gasteiger partial charge in [0.1, 0.15) is 11.5 Å². The molecule has 1 unspecified atom stereocenters. The highest BCUT2D eigenvalue weighted by atomic mass is 79.9. The van der Waals surface area contributed by atoms with Gasteiger partial charge in [0.2, 0.25) is 0 Å². The van der Waals surface area contributed by atoms with Crippen LogP contribution in [0, 0.1) is 11.3 Å². The minimum Gasteiger partial charge on any atom is -0.497 e. The van der Waals surface area contributed by atoms with E-state index in [1.54, 1.807) is 45.2 Å². The summed E-state index contributed by atoms with van der Waals surface area (Å²) >= 11 is 3.45. The quantitative estimate of drug-likeness (QED) is 0.261. The first-order chi connectivity index (χ1) is 13.3. The molecule has 0 amide bonds. The average Bonchev–Trinajstić information content (AvgIpc) is 2.66. The molecule has 0 heterocycles. The van der Waals surface area contributed by atoms with Gasteiger partial charge in [-0.25, -0.2) is 0 Å². The zero-order chi connectivity index (χ0) is 21.2. The number of halogens is 1. The number of carbonyl (C=O) groups excluding carboxylic acids is 2. The maximum atomic E-state index is 12.7. The average molecular weight is 457 g/mol. The van der Waals surface area contributed by atoms with E-state index in [0.29, 0.717) is 18.1 Å². The molecular weight excluding hydrogens is 428 g/mol. The second-order valence-corrected chi connectivity index (χ2v) is 7.29. The third-order valence-electron chi connectivity index (χ3n) is 4.18. The third kappa shape index (κ3) is 6.26. The molecule has 0 bridgehead atoms. The Bertz CT molecular complexity index is 655.